The minimum atomic E-state index is -0.374. The Kier molecular flexibility index (Phi) is 5.54. The average molecular weight is 355 g/mol. The van der Waals surface area contributed by atoms with Gasteiger partial charge in [-0.3, -0.25) is 14.5 Å². The molecule has 1 aromatic carbocycles. The Labute approximate surface area is 153 Å². The van der Waals surface area contributed by atoms with Gasteiger partial charge in [0.2, 0.25) is 0 Å². The molecule has 138 valence electrons. The molecule has 0 spiro atoms. The number of carbonyl (C=O) groups excluding carboxylic acids is 1. The van der Waals surface area contributed by atoms with Crippen LogP contribution in [0.5, 0.6) is 0 Å². The van der Waals surface area contributed by atoms with Crippen LogP contribution in [0, 0.1) is 13.8 Å². The number of amides is 1. The Morgan fingerprint density at radius 3 is 2.65 bits per heavy atom. The molecule has 1 aliphatic heterocycles. The minimum absolute atomic E-state index is 0.125. The molecule has 3 rings (SSSR count). The summed E-state index contributed by atoms with van der Waals surface area (Å²) >= 11 is 0. The second-order valence-corrected chi connectivity index (χ2v) is 6.88. The summed E-state index contributed by atoms with van der Waals surface area (Å²) < 4.78 is 0. The van der Waals surface area contributed by atoms with E-state index in [4.69, 9.17) is 0 Å². The first-order chi connectivity index (χ1) is 12.5. The van der Waals surface area contributed by atoms with Crippen LogP contribution in [-0.2, 0) is 6.54 Å². The monoisotopic (exact) mass is 355 g/mol. The SMILES string of the molecule is Cc1cc(C(=O)N2CCN(Cc3ccccc3)C[C@@H]2CO)c(=O)[nH]c1C. The molecule has 0 aliphatic carbocycles. The molecule has 1 saturated heterocycles. The molecule has 1 atom stereocenters. The van der Waals surface area contributed by atoms with Crippen molar-refractivity contribution in [2.24, 2.45) is 0 Å². The molecule has 6 nitrogen and oxygen atoms in total. The number of aliphatic hydroxyl groups is 1. The molecule has 26 heavy (non-hydrogen) atoms. The molecule has 2 N–H and O–H groups in total. The van der Waals surface area contributed by atoms with Gasteiger partial charge in [0.1, 0.15) is 5.56 Å². The Morgan fingerprint density at radius 2 is 1.96 bits per heavy atom. The maximum Gasteiger partial charge on any atom is 0.261 e. The minimum Gasteiger partial charge on any atom is -0.394 e. The molecule has 1 aromatic heterocycles. The van der Waals surface area contributed by atoms with E-state index in [0.29, 0.717) is 19.6 Å². The predicted molar refractivity (Wildman–Crippen MR) is 100 cm³/mol. The fourth-order valence-corrected chi connectivity index (χ4v) is 3.37. The Balaban J connectivity index is 1.74. The standard InChI is InChI=1S/C20H25N3O3/c1-14-10-18(19(25)21-15(14)2)20(26)23-9-8-22(12-17(23)13-24)11-16-6-4-3-5-7-16/h3-7,10,17,24H,8-9,11-13H2,1-2H3,(H,21,25)/t17-/m1/s1. The number of aryl methyl sites for hydroxylation is 2. The highest BCUT2D eigenvalue weighted by atomic mass is 16.3. The number of nitrogens with one attached hydrogen (secondary N) is 1. The summed E-state index contributed by atoms with van der Waals surface area (Å²) in [6.45, 7) is 6.11. The number of nitrogens with zero attached hydrogens (tertiary/aromatic N) is 2. The molecule has 1 amide bonds. The summed E-state index contributed by atoms with van der Waals surface area (Å²) in [5.41, 5.74) is 2.60. The highest BCUT2D eigenvalue weighted by Gasteiger charge is 2.31. The maximum atomic E-state index is 12.9. The number of aliphatic hydroxyl groups excluding tert-OH is 1. The topological polar surface area (TPSA) is 76.6 Å². The molecule has 1 fully saturated rings. The van der Waals surface area contributed by atoms with Crippen molar-refractivity contribution in [3.8, 4) is 0 Å². The second kappa shape index (κ2) is 7.85. The number of hydrogen-bond acceptors (Lipinski definition) is 4. The van der Waals surface area contributed by atoms with Crippen LogP contribution in [0.2, 0.25) is 0 Å². The Bertz CT molecular complexity index is 832. The summed E-state index contributed by atoms with van der Waals surface area (Å²) in [6.07, 6.45) is 0. The Hall–Kier alpha value is -2.44. The summed E-state index contributed by atoms with van der Waals surface area (Å²) in [5, 5.41) is 9.80. The lowest BCUT2D eigenvalue weighted by Crippen LogP contribution is -2.56. The molecule has 0 unspecified atom stereocenters. The molecule has 0 radical (unpaired) electrons. The van der Waals surface area contributed by atoms with Crippen LogP contribution in [0.15, 0.2) is 41.2 Å². The number of aromatic nitrogens is 1. The van der Waals surface area contributed by atoms with Crippen molar-refractivity contribution in [3.05, 3.63) is 69.1 Å². The highest BCUT2D eigenvalue weighted by molar-refractivity contribution is 5.94. The molecule has 2 aromatic rings. The van der Waals surface area contributed by atoms with E-state index in [0.717, 1.165) is 17.8 Å². The van der Waals surface area contributed by atoms with Crippen LogP contribution in [0.25, 0.3) is 0 Å². The molecular weight excluding hydrogens is 330 g/mol. The third-order valence-corrected chi connectivity index (χ3v) is 5.02. The molecule has 1 aliphatic rings. The van der Waals surface area contributed by atoms with Gasteiger partial charge >= 0.3 is 0 Å². The zero-order valence-corrected chi connectivity index (χ0v) is 15.2. The average Bonchev–Trinajstić information content (AvgIpc) is 2.65. The van der Waals surface area contributed by atoms with Crippen LogP contribution >= 0.6 is 0 Å². The second-order valence-electron chi connectivity index (χ2n) is 6.88. The van der Waals surface area contributed by atoms with E-state index in [-0.39, 0.29) is 29.7 Å². The van der Waals surface area contributed by atoms with Crippen LogP contribution in [-0.4, -0.2) is 58.1 Å². The summed E-state index contributed by atoms with van der Waals surface area (Å²) in [7, 11) is 0. The van der Waals surface area contributed by atoms with Crippen molar-refractivity contribution in [2.45, 2.75) is 26.4 Å². The highest BCUT2D eigenvalue weighted by Crippen LogP contribution is 2.16. The van der Waals surface area contributed by atoms with Gasteiger partial charge < -0.3 is 15.0 Å². The quantitative estimate of drug-likeness (QED) is 0.867. The van der Waals surface area contributed by atoms with Gasteiger partial charge in [0.25, 0.3) is 11.5 Å². The van der Waals surface area contributed by atoms with Crippen molar-refractivity contribution >= 4 is 5.91 Å². The first kappa shape index (κ1) is 18.4. The van der Waals surface area contributed by atoms with Crippen molar-refractivity contribution in [2.75, 3.05) is 26.2 Å². The maximum absolute atomic E-state index is 12.9. The third-order valence-electron chi connectivity index (χ3n) is 5.02. The number of benzene rings is 1. The zero-order chi connectivity index (χ0) is 18.7. The number of pyridine rings is 1. The smallest absolute Gasteiger partial charge is 0.261 e. The number of aromatic amines is 1. The number of carbonyl (C=O) groups is 1. The van der Waals surface area contributed by atoms with E-state index in [2.05, 4.69) is 22.0 Å². The molecule has 0 saturated carbocycles. The molecule has 6 heteroatoms. The van der Waals surface area contributed by atoms with Gasteiger partial charge in [0.05, 0.1) is 12.6 Å². The summed E-state index contributed by atoms with van der Waals surface area (Å²) in [4.78, 5) is 31.7. The molecule has 2 heterocycles. The van der Waals surface area contributed by atoms with Crippen molar-refractivity contribution in [1.82, 2.24) is 14.8 Å². The first-order valence-electron chi connectivity index (χ1n) is 8.88. The van der Waals surface area contributed by atoms with Gasteiger partial charge in [0.15, 0.2) is 0 Å². The van der Waals surface area contributed by atoms with Crippen molar-refractivity contribution < 1.29 is 9.90 Å². The van der Waals surface area contributed by atoms with Crippen LogP contribution < -0.4 is 5.56 Å². The van der Waals surface area contributed by atoms with Crippen molar-refractivity contribution in [3.63, 3.8) is 0 Å². The first-order valence-corrected chi connectivity index (χ1v) is 8.88. The lowest BCUT2D eigenvalue weighted by molar-refractivity contribution is 0.0280. The van der Waals surface area contributed by atoms with Gasteiger partial charge in [0, 0.05) is 31.9 Å². The number of rotatable bonds is 4. The molecular formula is C20H25N3O3. The van der Waals surface area contributed by atoms with E-state index in [9.17, 15) is 14.7 Å². The van der Waals surface area contributed by atoms with E-state index < -0.39 is 0 Å². The van der Waals surface area contributed by atoms with Crippen LogP contribution in [0.1, 0.15) is 27.2 Å². The van der Waals surface area contributed by atoms with Gasteiger partial charge in [-0.15, -0.1) is 0 Å². The van der Waals surface area contributed by atoms with Crippen LogP contribution in [0.3, 0.4) is 0 Å². The van der Waals surface area contributed by atoms with Gasteiger partial charge in [-0.2, -0.15) is 0 Å². The van der Waals surface area contributed by atoms with Gasteiger partial charge in [-0.05, 0) is 31.0 Å². The van der Waals surface area contributed by atoms with E-state index >= 15 is 0 Å². The predicted octanol–water partition coefficient (Wildman–Crippen LogP) is 1.31. The third kappa shape index (κ3) is 3.86. The molecule has 0 bridgehead atoms. The number of H-pyrrole nitrogens is 1. The lowest BCUT2D eigenvalue weighted by atomic mass is 10.1. The van der Waals surface area contributed by atoms with Crippen LogP contribution in [0.4, 0.5) is 0 Å². The zero-order valence-electron chi connectivity index (χ0n) is 15.2. The fourth-order valence-electron chi connectivity index (χ4n) is 3.37. The number of piperazine rings is 1. The lowest BCUT2D eigenvalue weighted by Gasteiger charge is -2.40. The normalized spacial score (nSPS) is 18.1. The summed E-state index contributed by atoms with van der Waals surface area (Å²) in [5.74, 6) is -0.312. The van der Waals surface area contributed by atoms with E-state index in [1.54, 1.807) is 11.0 Å². The summed E-state index contributed by atoms with van der Waals surface area (Å²) in [6, 6.07) is 11.5. The Morgan fingerprint density at radius 1 is 1.23 bits per heavy atom. The fraction of sp³-hybridized carbons (Fsp3) is 0.400. The van der Waals surface area contributed by atoms with E-state index in [1.165, 1.54) is 5.56 Å². The van der Waals surface area contributed by atoms with Gasteiger partial charge in [-0.25, -0.2) is 0 Å². The number of hydrogen-bond donors (Lipinski definition) is 2. The largest absolute Gasteiger partial charge is 0.394 e. The van der Waals surface area contributed by atoms with E-state index in [1.807, 2.05) is 32.0 Å². The van der Waals surface area contributed by atoms with Crippen molar-refractivity contribution in [1.29, 1.82) is 0 Å². The van der Waals surface area contributed by atoms with Gasteiger partial charge in [-0.1, -0.05) is 30.3 Å².